The van der Waals surface area contributed by atoms with E-state index in [0.29, 0.717) is 13.0 Å². The molecule has 0 unspecified atom stereocenters. The van der Waals surface area contributed by atoms with E-state index in [0.717, 1.165) is 27.5 Å². The van der Waals surface area contributed by atoms with E-state index in [9.17, 15) is 4.79 Å². The minimum atomic E-state index is 0.0656. The van der Waals surface area contributed by atoms with E-state index >= 15 is 0 Å². The van der Waals surface area contributed by atoms with Gasteiger partial charge in [-0.25, -0.2) is 0 Å². The Hall–Kier alpha value is -2.45. The summed E-state index contributed by atoms with van der Waals surface area (Å²) in [6.45, 7) is 0.541. The van der Waals surface area contributed by atoms with Crippen LogP contribution in [0.5, 0.6) is 0 Å². The zero-order chi connectivity index (χ0) is 14.7. The zero-order valence-electron chi connectivity index (χ0n) is 11.8. The van der Waals surface area contributed by atoms with Gasteiger partial charge in [0.2, 0.25) is 0 Å². The van der Waals surface area contributed by atoms with Gasteiger partial charge in [0.15, 0.2) is 5.78 Å². The third-order valence-electron chi connectivity index (χ3n) is 3.71. The Labute approximate surface area is 124 Å². The maximum absolute atomic E-state index is 12.9. The lowest BCUT2D eigenvalue weighted by molar-refractivity contribution is 0.103. The van der Waals surface area contributed by atoms with Gasteiger partial charge in [-0.15, -0.1) is 0 Å². The lowest BCUT2D eigenvalue weighted by atomic mass is 9.93. The molecule has 0 saturated carbocycles. The van der Waals surface area contributed by atoms with Crippen LogP contribution in [0.25, 0.3) is 10.8 Å². The summed E-state index contributed by atoms with van der Waals surface area (Å²) < 4.78 is 0. The number of ketones is 1. The number of hydrogen-bond acceptors (Lipinski definition) is 2. The van der Waals surface area contributed by atoms with Crippen LogP contribution in [0.15, 0.2) is 66.7 Å². The van der Waals surface area contributed by atoms with Crippen LogP contribution in [-0.2, 0) is 6.42 Å². The van der Waals surface area contributed by atoms with Crippen molar-refractivity contribution in [2.24, 2.45) is 5.73 Å². The topological polar surface area (TPSA) is 43.1 Å². The second-order valence-electron chi connectivity index (χ2n) is 5.05. The van der Waals surface area contributed by atoms with Crippen LogP contribution in [-0.4, -0.2) is 12.3 Å². The molecule has 0 aliphatic heterocycles. The highest BCUT2D eigenvalue weighted by Gasteiger charge is 2.15. The van der Waals surface area contributed by atoms with Crippen LogP contribution in [0, 0.1) is 0 Å². The fourth-order valence-corrected chi connectivity index (χ4v) is 2.68. The van der Waals surface area contributed by atoms with E-state index in [1.807, 2.05) is 66.7 Å². The van der Waals surface area contributed by atoms with Crippen molar-refractivity contribution in [3.63, 3.8) is 0 Å². The summed E-state index contributed by atoms with van der Waals surface area (Å²) in [6, 6.07) is 21.5. The van der Waals surface area contributed by atoms with Crippen molar-refractivity contribution in [1.82, 2.24) is 0 Å². The molecule has 21 heavy (non-hydrogen) atoms. The van der Waals surface area contributed by atoms with Crippen LogP contribution in [0.1, 0.15) is 21.5 Å². The summed E-state index contributed by atoms with van der Waals surface area (Å²) in [5.41, 5.74) is 8.16. The number of carbonyl (C=O) groups excluding carboxylic acids is 1. The van der Waals surface area contributed by atoms with Crippen molar-refractivity contribution in [3.05, 3.63) is 83.4 Å². The SMILES string of the molecule is NCCc1ccccc1C(=O)c1cccc2ccccc12. The summed E-state index contributed by atoms with van der Waals surface area (Å²) in [5.74, 6) is 0.0656. The lowest BCUT2D eigenvalue weighted by Gasteiger charge is -2.10. The molecule has 0 saturated heterocycles. The van der Waals surface area contributed by atoms with Crippen LogP contribution >= 0.6 is 0 Å². The molecule has 2 heteroatoms. The highest BCUT2D eigenvalue weighted by molar-refractivity contribution is 6.17. The summed E-state index contributed by atoms with van der Waals surface area (Å²) >= 11 is 0. The molecule has 0 atom stereocenters. The maximum atomic E-state index is 12.9. The maximum Gasteiger partial charge on any atom is 0.193 e. The molecule has 3 rings (SSSR count). The Morgan fingerprint density at radius 2 is 1.48 bits per heavy atom. The summed E-state index contributed by atoms with van der Waals surface area (Å²) in [6.07, 6.45) is 0.715. The van der Waals surface area contributed by atoms with Crippen molar-refractivity contribution >= 4 is 16.6 Å². The molecule has 3 aromatic carbocycles. The van der Waals surface area contributed by atoms with E-state index in [-0.39, 0.29) is 5.78 Å². The van der Waals surface area contributed by atoms with Gasteiger partial charge in [0.1, 0.15) is 0 Å². The molecule has 0 radical (unpaired) electrons. The second kappa shape index (κ2) is 5.90. The van der Waals surface area contributed by atoms with Crippen molar-refractivity contribution in [2.45, 2.75) is 6.42 Å². The number of nitrogens with two attached hydrogens (primary N) is 1. The number of hydrogen-bond donors (Lipinski definition) is 1. The van der Waals surface area contributed by atoms with Gasteiger partial charge in [0.25, 0.3) is 0 Å². The van der Waals surface area contributed by atoms with Gasteiger partial charge >= 0.3 is 0 Å². The monoisotopic (exact) mass is 275 g/mol. The first kappa shape index (κ1) is 13.5. The molecule has 0 aliphatic rings. The molecule has 2 N–H and O–H groups in total. The van der Waals surface area contributed by atoms with Crippen LogP contribution in [0.4, 0.5) is 0 Å². The van der Waals surface area contributed by atoms with E-state index in [1.165, 1.54) is 0 Å². The van der Waals surface area contributed by atoms with Crippen molar-refractivity contribution in [3.8, 4) is 0 Å². The predicted octanol–water partition coefficient (Wildman–Crippen LogP) is 3.57. The van der Waals surface area contributed by atoms with Gasteiger partial charge in [0, 0.05) is 11.1 Å². The van der Waals surface area contributed by atoms with Gasteiger partial charge in [-0.3, -0.25) is 4.79 Å². The Kier molecular flexibility index (Phi) is 3.80. The summed E-state index contributed by atoms with van der Waals surface area (Å²) in [7, 11) is 0. The second-order valence-corrected chi connectivity index (χ2v) is 5.05. The third kappa shape index (κ3) is 2.58. The smallest absolute Gasteiger partial charge is 0.193 e. The van der Waals surface area contributed by atoms with Crippen LogP contribution in [0.2, 0.25) is 0 Å². The first-order valence-corrected chi connectivity index (χ1v) is 7.11. The predicted molar refractivity (Wildman–Crippen MR) is 86.6 cm³/mol. The highest BCUT2D eigenvalue weighted by Crippen LogP contribution is 2.23. The summed E-state index contributed by atoms with van der Waals surface area (Å²) in [5, 5.41) is 2.08. The number of carbonyl (C=O) groups is 1. The first-order chi connectivity index (χ1) is 10.3. The molecule has 3 aromatic rings. The van der Waals surface area contributed by atoms with Gasteiger partial charge in [-0.1, -0.05) is 66.7 Å². The molecular formula is C19H17NO. The number of rotatable bonds is 4. The average Bonchev–Trinajstić information content (AvgIpc) is 2.54. The van der Waals surface area contributed by atoms with Gasteiger partial charge in [-0.2, -0.15) is 0 Å². The van der Waals surface area contributed by atoms with Crippen LogP contribution in [0.3, 0.4) is 0 Å². The fraction of sp³-hybridized carbons (Fsp3) is 0.105. The molecule has 0 spiro atoms. The Balaban J connectivity index is 2.13. The standard InChI is InChI=1S/C19H17NO/c20-13-12-15-7-2-4-10-17(15)19(21)18-11-5-8-14-6-1-3-9-16(14)18/h1-11H,12-13,20H2. The normalized spacial score (nSPS) is 10.7. The molecule has 0 heterocycles. The molecule has 0 bridgehead atoms. The van der Waals surface area contributed by atoms with Crippen LogP contribution < -0.4 is 5.73 Å². The molecule has 104 valence electrons. The number of fused-ring (bicyclic) bond motifs is 1. The van der Waals surface area contributed by atoms with Crippen molar-refractivity contribution in [2.75, 3.05) is 6.54 Å². The van der Waals surface area contributed by atoms with E-state index in [1.54, 1.807) is 0 Å². The molecule has 0 aromatic heterocycles. The Morgan fingerprint density at radius 3 is 2.33 bits per heavy atom. The minimum absolute atomic E-state index is 0.0656. The quantitative estimate of drug-likeness (QED) is 0.740. The molecule has 0 aliphatic carbocycles. The largest absolute Gasteiger partial charge is 0.330 e. The third-order valence-corrected chi connectivity index (χ3v) is 3.71. The highest BCUT2D eigenvalue weighted by atomic mass is 16.1. The zero-order valence-corrected chi connectivity index (χ0v) is 11.8. The van der Waals surface area contributed by atoms with Gasteiger partial charge in [0.05, 0.1) is 0 Å². The van der Waals surface area contributed by atoms with E-state index in [4.69, 9.17) is 5.73 Å². The number of benzene rings is 3. The molecule has 2 nitrogen and oxygen atoms in total. The minimum Gasteiger partial charge on any atom is -0.330 e. The van der Waals surface area contributed by atoms with Crippen molar-refractivity contribution < 1.29 is 4.79 Å². The first-order valence-electron chi connectivity index (χ1n) is 7.11. The Bertz CT molecular complexity index is 787. The summed E-state index contributed by atoms with van der Waals surface area (Å²) in [4.78, 5) is 12.9. The van der Waals surface area contributed by atoms with Crippen molar-refractivity contribution in [1.29, 1.82) is 0 Å². The van der Waals surface area contributed by atoms with E-state index < -0.39 is 0 Å². The molecule has 0 fully saturated rings. The lowest BCUT2D eigenvalue weighted by Crippen LogP contribution is -2.10. The molecule has 0 amide bonds. The van der Waals surface area contributed by atoms with Gasteiger partial charge in [-0.05, 0) is 29.3 Å². The fourth-order valence-electron chi connectivity index (χ4n) is 2.68. The Morgan fingerprint density at radius 1 is 0.810 bits per heavy atom. The van der Waals surface area contributed by atoms with E-state index in [2.05, 4.69) is 0 Å². The average molecular weight is 275 g/mol. The van der Waals surface area contributed by atoms with Gasteiger partial charge < -0.3 is 5.73 Å². The molecular weight excluding hydrogens is 258 g/mol.